The first-order valence-corrected chi connectivity index (χ1v) is 4.04. The highest BCUT2D eigenvalue weighted by atomic mass is 16.6. The van der Waals surface area contributed by atoms with E-state index in [1.165, 1.54) is 0 Å². The first kappa shape index (κ1) is 8.09. The van der Waals surface area contributed by atoms with Crippen molar-refractivity contribution in [1.82, 2.24) is 0 Å². The molecule has 0 aromatic heterocycles. The van der Waals surface area contributed by atoms with E-state index in [9.17, 15) is 0 Å². The van der Waals surface area contributed by atoms with Crippen LogP contribution in [0.15, 0.2) is 24.3 Å². The van der Waals surface area contributed by atoms with E-state index >= 15 is 0 Å². The third-order valence-corrected chi connectivity index (χ3v) is 2.06. The molecule has 66 valence electrons. The Morgan fingerprint density at radius 3 is 2.54 bits per heavy atom. The maximum atomic E-state index is 8.54. The number of nitrogens with zero attached hydrogens (tertiary/aromatic N) is 1. The molecule has 13 heavy (non-hydrogen) atoms. The summed E-state index contributed by atoms with van der Waals surface area (Å²) in [7, 11) is 1.63. The van der Waals surface area contributed by atoms with Gasteiger partial charge in [-0.1, -0.05) is 12.1 Å². The van der Waals surface area contributed by atoms with Crippen LogP contribution in [0.25, 0.3) is 0 Å². The molecular weight excluding hydrogens is 166 g/mol. The highest BCUT2D eigenvalue weighted by Gasteiger charge is 2.40. The summed E-state index contributed by atoms with van der Waals surface area (Å²) in [5.74, 6) is 0.818. The molecule has 3 nitrogen and oxygen atoms in total. The zero-order valence-corrected chi connectivity index (χ0v) is 7.23. The molecular formula is C10H9NO2. The van der Waals surface area contributed by atoms with Crippen molar-refractivity contribution in [3.63, 3.8) is 0 Å². The van der Waals surface area contributed by atoms with Crippen molar-refractivity contribution < 1.29 is 9.47 Å². The Balaban J connectivity index is 2.12. The van der Waals surface area contributed by atoms with Crippen LogP contribution in [0.1, 0.15) is 11.7 Å². The fourth-order valence-electron chi connectivity index (χ4n) is 1.26. The van der Waals surface area contributed by atoms with Gasteiger partial charge in [-0.25, -0.2) is 0 Å². The quantitative estimate of drug-likeness (QED) is 0.642. The Labute approximate surface area is 76.5 Å². The average Bonchev–Trinajstić information content (AvgIpc) is 2.97. The summed E-state index contributed by atoms with van der Waals surface area (Å²) in [5, 5.41) is 8.54. The van der Waals surface area contributed by atoms with Crippen molar-refractivity contribution in [2.45, 2.75) is 12.2 Å². The first-order chi connectivity index (χ1) is 6.35. The fraction of sp³-hybridized carbons (Fsp3) is 0.300. The van der Waals surface area contributed by atoms with E-state index in [4.69, 9.17) is 14.7 Å². The molecule has 1 aromatic rings. The first-order valence-electron chi connectivity index (χ1n) is 4.04. The van der Waals surface area contributed by atoms with Crippen LogP contribution in [0.5, 0.6) is 5.75 Å². The second kappa shape index (κ2) is 3.08. The number of methoxy groups -OCH3 is 1. The molecule has 0 amide bonds. The monoisotopic (exact) mass is 175 g/mol. The Bertz CT molecular complexity index is 339. The van der Waals surface area contributed by atoms with Gasteiger partial charge < -0.3 is 9.47 Å². The molecule has 1 saturated heterocycles. The molecule has 0 radical (unpaired) electrons. The highest BCUT2D eigenvalue weighted by Crippen LogP contribution is 2.38. The van der Waals surface area contributed by atoms with Crippen LogP contribution < -0.4 is 4.74 Å². The molecule has 0 spiro atoms. The van der Waals surface area contributed by atoms with Crippen molar-refractivity contribution in [3.8, 4) is 11.8 Å². The Kier molecular flexibility index (Phi) is 1.91. The standard InChI is InChI=1S/C10H9NO2/c1-12-8-4-2-7(3-5-8)10-9(6-11)13-10/h2-5,9-10H,1H3/t9-,10-/m1/s1. The topological polar surface area (TPSA) is 45.5 Å². The van der Waals surface area contributed by atoms with Gasteiger partial charge in [0.15, 0.2) is 6.10 Å². The molecule has 1 aliphatic heterocycles. The van der Waals surface area contributed by atoms with Gasteiger partial charge in [-0.3, -0.25) is 0 Å². The lowest BCUT2D eigenvalue weighted by atomic mass is 10.1. The van der Waals surface area contributed by atoms with Crippen molar-refractivity contribution >= 4 is 0 Å². The van der Waals surface area contributed by atoms with Gasteiger partial charge in [-0.15, -0.1) is 0 Å². The van der Waals surface area contributed by atoms with Crippen LogP contribution in [-0.4, -0.2) is 13.2 Å². The van der Waals surface area contributed by atoms with E-state index in [-0.39, 0.29) is 12.2 Å². The minimum absolute atomic E-state index is 0.0316. The van der Waals surface area contributed by atoms with Crippen LogP contribution >= 0.6 is 0 Å². The Morgan fingerprint density at radius 1 is 1.38 bits per heavy atom. The van der Waals surface area contributed by atoms with Gasteiger partial charge in [0.05, 0.1) is 13.2 Å². The summed E-state index contributed by atoms with van der Waals surface area (Å²) in [5.41, 5.74) is 1.03. The van der Waals surface area contributed by atoms with Crippen LogP contribution in [0.3, 0.4) is 0 Å². The fourth-order valence-corrected chi connectivity index (χ4v) is 1.26. The average molecular weight is 175 g/mol. The second-order valence-electron chi connectivity index (χ2n) is 2.88. The zero-order valence-electron chi connectivity index (χ0n) is 7.23. The highest BCUT2D eigenvalue weighted by molar-refractivity contribution is 5.32. The van der Waals surface area contributed by atoms with E-state index in [1.54, 1.807) is 7.11 Å². The summed E-state index contributed by atoms with van der Waals surface area (Å²) >= 11 is 0. The van der Waals surface area contributed by atoms with Crippen molar-refractivity contribution in [2.24, 2.45) is 0 Å². The molecule has 2 atom stereocenters. The summed E-state index contributed by atoms with van der Waals surface area (Å²) in [6.45, 7) is 0. The molecule has 0 saturated carbocycles. The Hall–Kier alpha value is -1.53. The molecule has 0 unspecified atom stereocenters. The number of nitriles is 1. The number of epoxide rings is 1. The van der Waals surface area contributed by atoms with Gasteiger partial charge in [0.25, 0.3) is 0 Å². The normalized spacial score (nSPS) is 24.9. The summed E-state index contributed by atoms with van der Waals surface area (Å²) in [6, 6.07) is 9.63. The third-order valence-electron chi connectivity index (χ3n) is 2.06. The number of ether oxygens (including phenoxy) is 2. The van der Waals surface area contributed by atoms with E-state index in [1.807, 2.05) is 24.3 Å². The summed E-state index contributed by atoms with van der Waals surface area (Å²) in [4.78, 5) is 0. The van der Waals surface area contributed by atoms with Crippen molar-refractivity contribution in [3.05, 3.63) is 29.8 Å². The van der Waals surface area contributed by atoms with Gasteiger partial charge in [0.1, 0.15) is 11.9 Å². The van der Waals surface area contributed by atoms with E-state index in [0.29, 0.717) is 0 Å². The number of hydrogen-bond donors (Lipinski definition) is 0. The van der Waals surface area contributed by atoms with E-state index < -0.39 is 0 Å². The lowest BCUT2D eigenvalue weighted by molar-refractivity contribution is 0.395. The lowest BCUT2D eigenvalue weighted by Gasteiger charge is -1.99. The maximum Gasteiger partial charge on any atom is 0.175 e. The Morgan fingerprint density at radius 2 is 2.08 bits per heavy atom. The minimum atomic E-state index is -0.256. The molecule has 1 fully saturated rings. The summed E-state index contributed by atoms with van der Waals surface area (Å²) in [6.07, 6.45) is -0.288. The van der Waals surface area contributed by atoms with Crippen molar-refractivity contribution in [2.75, 3.05) is 7.11 Å². The van der Waals surface area contributed by atoms with Gasteiger partial charge in [-0.2, -0.15) is 5.26 Å². The maximum absolute atomic E-state index is 8.54. The van der Waals surface area contributed by atoms with Gasteiger partial charge in [0.2, 0.25) is 0 Å². The number of benzene rings is 1. The lowest BCUT2D eigenvalue weighted by Crippen LogP contribution is -1.86. The largest absolute Gasteiger partial charge is 0.497 e. The smallest absolute Gasteiger partial charge is 0.175 e. The van der Waals surface area contributed by atoms with Crippen LogP contribution in [0.4, 0.5) is 0 Å². The molecule has 0 N–H and O–H groups in total. The van der Waals surface area contributed by atoms with Crippen LogP contribution in [0, 0.1) is 11.3 Å². The molecule has 3 heteroatoms. The SMILES string of the molecule is COc1ccc([C@H]2O[C@@H]2C#N)cc1. The molecule has 1 aliphatic rings. The molecule has 0 aliphatic carbocycles. The molecule has 0 bridgehead atoms. The van der Waals surface area contributed by atoms with E-state index in [2.05, 4.69) is 6.07 Å². The van der Waals surface area contributed by atoms with Gasteiger partial charge in [-0.05, 0) is 17.7 Å². The zero-order chi connectivity index (χ0) is 9.26. The molecule has 1 aromatic carbocycles. The minimum Gasteiger partial charge on any atom is -0.497 e. The molecule has 1 heterocycles. The predicted octanol–water partition coefficient (Wildman–Crippen LogP) is 1.66. The van der Waals surface area contributed by atoms with Gasteiger partial charge in [0, 0.05) is 0 Å². The third kappa shape index (κ3) is 1.49. The second-order valence-corrected chi connectivity index (χ2v) is 2.88. The summed E-state index contributed by atoms with van der Waals surface area (Å²) < 4.78 is 10.1. The van der Waals surface area contributed by atoms with Gasteiger partial charge >= 0.3 is 0 Å². The number of rotatable bonds is 2. The van der Waals surface area contributed by atoms with Crippen LogP contribution in [-0.2, 0) is 4.74 Å². The molecule has 2 rings (SSSR count). The van der Waals surface area contributed by atoms with Crippen molar-refractivity contribution in [1.29, 1.82) is 5.26 Å². The van der Waals surface area contributed by atoms with E-state index in [0.717, 1.165) is 11.3 Å². The number of hydrogen-bond acceptors (Lipinski definition) is 3. The van der Waals surface area contributed by atoms with Crippen LogP contribution in [0.2, 0.25) is 0 Å². The predicted molar refractivity (Wildman–Crippen MR) is 46.2 cm³/mol.